The van der Waals surface area contributed by atoms with Crippen LogP contribution < -0.4 is 10.9 Å². The number of carbonyl (C=O) groups excluding carboxylic acids is 1. The van der Waals surface area contributed by atoms with Crippen LogP contribution in [0, 0.1) is 5.82 Å². The smallest absolute Gasteiger partial charge is 0.271 e. The molecule has 2 rings (SSSR count). The Balaban J connectivity index is 1.92. The van der Waals surface area contributed by atoms with Crippen molar-refractivity contribution in [3.8, 4) is 0 Å². The van der Waals surface area contributed by atoms with Gasteiger partial charge in [0.25, 0.3) is 11.5 Å². The highest BCUT2D eigenvalue weighted by Gasteiger charge is 2.08. The van der Waals surface area contributed by atoms with Crippen LogP contribution in [0.3, 0.4) is 0 Å². The molecule has 0 saturated carbocycles. The van der Waals surface area contributed by atoms with Gasteiger partial charge in [-0.2, -0.15) is 5.10 Å². The molecule has 5 nitrogen and oxygen atoms in total. The highest BCUT2D eigenvalue weighted by molar-refractivity contribution is 9.10. The molecule has 1 amide bonds. The molecule has 0 saturated heterocycles. The molecule has 1 aromatic carbocycles. The Morgan fingerprint density at radius 2 is 2.15 bits per heavy atom. The lowest BCUT2D eigenvalue weighted by Crippen LogP contribution is -2.27. The van der Waals surface area contributed by atoms with Crippen LogP contribution in [0.15, 0.2) is 39.6 Å². The maximum Gasteiger partial charge on any atom is 0.271 e. The van der Waals surface area contributed by atoms with Gasteiger partial charge in [-0.25, -0.2) is 9.49 Å². The van der Waals surface area contributed by atoms with E-state index in [1.807, 2.05) is 0 Å². The van der Waals surface area contributed by atoms with Gasteiger partial charge >= 0.3 is 0 Å². The van der Waals surface area contributed by atoms with Crippen molar-refractivity contribution in [1.82, 2.24) is 15.5 Å². The van der Waals surface area contributed by atoms with Crippen LogP contribution in [0.2, 0.25) is 0 Å². The summed E-state index contributed by atoms with van der Waals surface area (Å²) in [5.41, 5.74) is 0.242. The summed E-state index contributed by atoms with van der Waals surface area (Å²) in [6.07, 6.45) is 0.361. The lowest BCUT2D eigenvalue weighted by atomic mass is 10.1. The van der Waals surface area contributed by atoms with Crippen LogP contribution in [-0.2, 0) is 6.42 Å². The van der Waals surface area contributed by atoms with Crippen molar-refractivity contribution < 1.29 is 9.18 Å². The number of rotatable bonds is 4. The molecule has 0 bridgehead atoms. The number of nitrogens with zero attached hydrogens (tertiary/aromatic N) is 1. The predicted molar refractivity (Wildman–Crippen MR) is 75.0 cm³/mol. The predicted octanol–water partition coefficient (Wildman–Crippen LogP) is 1.64. The molecule has 0 fully saturated rings. The normalized spacial score (nSPS) is 10.3. The van der Waals surface area contributed by atoms with Gasteiger partial charge in [0.15, 0.2) is 0 Å². The second-order valence-electron chi connectivity index (χ2n) is 4.05. The van der Waals surface area contributed by atoms with E-state index in [1.165, 1.54) is 18.2 Å². The van der Waals surface area contributed by atoms with E-state index in [0.717, 1.165) is 4.47 Å². The average molecular weight is 340 g/mol. The lowest BCUT2D eigenvalue weighted by molar-refractivity contribution is 0.0948. The van der Waals surface area contributed by atoms with Crippen molar-refractivity contribution in [2.24, 2.45) is 0 Å². The van der Waals surface area contributed by atoms with Crippen molar-refractivity contribution in [3.05, 3.63) is 62.2 Å². The third kappa shape index (κ3) is 3.74. The van der Waals surface area contributed by atoms with E-state index in [2.05, 4.69) is 31.4 Å². The standard InChI is InChI=1S/C13H11BrFN3O2/c14-9-1-2-10(15)8(7-9)5-6-16-13(20)11-3-4-12(19)18-17-11/h1-4,7H,5-6H2,(H,16,20)(H,18,19). The number of amides is 1. The van der Waals surface area contributed by atoms with E-state index in [9.17, 15) is 14.0 Å². The fourth-order valence-corrected chi connectivity index (χ4v) is 2.02. The SMILES string of the molecule is O=C(NCCc1cc(Br)ccc1F)c1ccc(=O)[nH]n1. The van der Waals surface area contributed by atoms with Crippen molar-refractivity contribution >= 4 is 21.8 Å². The molecule has 1 heterocycles. The first-order valence-electron chi connectivity index (χ1n) is 5.84. The minimum atomic E-state index is -0.420. The van der Waals surface area contributed by atoms with Crippen LogP contribution in [0.25, 0.3) is 0 Å². The molecular formula is C13H11BrFN3O2. The summed E-state index contributed by atoms with van der Waals surface area (Å²) in [5, 5.41) is 8.39. The number of nitrogens with one attached hydrogen (secondary N) is 2. The second-order valence-corrected chi connectivity index (χ2v) is 4.96. The van der Waals surface area contributed by atoms with Crippen LogP contribution in [0.4, 0.5) is 4.39 Å². The van der Waals surface area contributed by atoms with Crippen molar-refractivity contribution in [2.45, 2.75) is 6.42 Å². The maximum atomic E-state index is 13.5. The van der Waals surface area contributed by atoms with E-state index in [-0.39, 0.29) is 23.6 Å². The average Bonchev–Trinajstić information content (AvgIpc) is 2.43. The minimum Gasteiger partial charge on any atom is -0.350 e. The first-order valence-corrected chi connectivity index (χ1v) is 6.63. The van der Waals surface area contributed by atoms with Crippen LogP contribution in [0.5, 0.6) is 0 Å². The molecule has 0 unspecified atom stereocenters. The van der Waals surface area contributed by atoms with Gasteiger partial charge in [-0.15, -0.1) is 0 Å². The van der Waals surface area contributed by atoms with E-state index in [4.69, 9.17) is 0 Å². The summed E-state index contributed by atoms with van der Waals surface area (Å²) in [7, 11) is 0. The summed E-state index contributed by atoms with van der Waals surface area (Å²) in [4.78, 5) is 22.5. The molecule has 1 aromatic heterocycles. The van der Waals surface area contributed by atoms with Gasteiger partial charge in [0.2, 0.25) is 0 Å². The zero-order valence-electron chi connectivity index (χ0n) is 10.3. The Kier molecular flexibility index (Phi) is 4.62. The molecule has 0 aliphatic carbocycles. The van der Waals surface area contributed by atoms with Gasteiger partial charge in [-0.05, 0) is 36.2 Å². The van der Waals surface area contributed by atoms with Gasteiger partial charge in [-0.1, -0.05) is 15.9 Å². The van der Waals surface area contributed by atoms with Crippen LogP contribution in [0.1, 0.15) is 16.1 Å². The summed E-state index contributed by atoms with van der Waals surface area (Å²) in [5.74, 6) is -0.735. The topological polar surface area (TPSA) is 74.8 Å². The number of benzene rings is 1. The molecule has 104 valence electrons. The number of hydrogen-bond donors (Lipinski definition) is 2. The quantitative estimate of drug-likeness (QED) is 0.889. The molecule has 0 aliphatic heterocycles. The Morgan fingerprint density at radius 1 is 1.35 bits per heavy atom. The van der Waals surface area contributed by atoms with E-state index >= 15 is 0 Å². The van der Waals surface area contributed by atoms with E-state index < -0.39 is 5.91 Å². The fourth-order valence-electron chi connectivity index (χ4n) is 1.61. The summed E-state index contributed by atoms with van der Waals surface area (Å²) >= 11 is 3.26. The third-order valence-electron chi connectivity index (χ3n) is 2.60. The number of carbonyl (C=O) groups is 1. The van der Waals surface area contributed by atoms with Crippen molar-refractivity contribution in [3.63, 3.8) is 0 Å². The minimum absolute atomic E-state index is 0.110. The van der Waals surface area contributed by atoms with Gasteiger partial charge in [-0.3, -0.25) is 9.59 Å². The third-order valence-corrected chi connectivity index (χ3v) is 3.09. The van der Waals surface area contributed by atoms with E-state index in [1.54, 1.807) is 12.1 Å². The number of halogens is 2. The first-order chi connectivity index (χ1) is 9.56. The molecule has 0 aliphatic rings. The maximum absolute atomic E-state index is 13.5. The summed E-state index contributed by atoms with van der Waals surface area (Å²) < 4.78 is 14.3. The lowest BCUT2D eigenvalue weighted by Gasteiger charge is -2.06. The van der Waals surface area contributed by atoms with Crippen molar-refractivity contribution in [1.29, 1.82) is 0 Å². The first kappa shape index (κ1) is 14.4. The van der Waals surface area contributed by atoms with Crippen LogP contribution >= 0.6 is 15.9 Å². The molecule has 7 heteroatoms. The summed E-state index contributed by atoms with van der Waals surface area (Å²) in [6.45, 7) is 0.271. The largest absolute Gasteiger partial charge is 0.350 e. The fraction of sp³-hybridized carbons (Fsp3) is 0.154. The number of H-pyrrole nitrogens is 1. The van der Waals surface area contributed by atoms with Gasteiger partial charge in [0, 0.05) is 17.1 Å². The van der Waals surface area contributed by atoms with Crippen LogP contribution in [-0.4, -0.2) is 22.6 Å². The van der Waals surface area contributed by atoms with E-state index in [0.29, 0.717) is 12.0 Å². The highest BCUT2D eigenvalue weighted by Crippen LogP contribution is 2.15. The summed E-state index contributed by atoms with van der Waals surface area (Å²) in [6, 6.07) is 7.19. The molecule has 0 spiro atoms. The number of aromatic amines is 1. The zero-order valence-corrected chi connectivity index (χ0v) is 11.9. The Hall–Kier alpha value is -2.02. The van der Waals surface area contributed by atoms with Gasteiger partial charge < -0.3 is 5.32 Å². The second kappa shape index (κ2) is 6.42. The Labute approximate surface area is 122 Å². The molecule has 2 N–H and O–H groups in total. The monoisotopic (exact) mass is 339 g/mol. The highest BCUT2D eigenvalue weighted by atomic mass is 79.9. The molecule has 0 radical (unpaired) electrons. The van der Waals surface area contributed by atoms with Gasteiger partial charge in [0.05, 0.1) is 0 Å². The molecular weight excluding hydrogens is 329 g/mol. The van der Waals surface area contributed by atoms with Gasteiger partial charge in [0.1, 0.15) is 11.5 Å². The molecule has 0 atom stereocenters. The molecule has 2 aromatic rings. The Morgan fingerprint density at radius 3 is 2.85 bits per heavy atom. The number of hydrogen-bond acceptors (Lipinski definition) is 3. The Bertz CT molecular complexity index is 667. The molecule has 20 heavy (non-hydrogen) atoms. The van der Waals surface area contributed by atoms with Crippen molar-refractivity contribution in [2.75, 3.05) is 6.54 Å². The zero-order chi connectivity index (χ0) is 14.5. The number of aromatic nitrogens is 2.